The van der Waals surface area contributed by atoms with Gasteiger partial charge >= 0.3 is 0 Å². The maximum atomic E-state index is 15.0. The SMILES string of the molecule is Fc1c(F)c(F)c([BH-](C[C@@H](c2ccccc2)N2CCCCC2)c2c(F)c(F)c(F)c(F)c2F)c(F)c1F. The molecule has 0 radical (unpaired) electrons. The zero-order chi connectivity index (χ0) is 27.0. The van der Waals surface area contributed by atoms with Gasteiger partial charge in [0.15, 0.2) is 34.9 Å². The molecule has 1 aliphatic heterocycles. The predicted molar refractivity (Wildman–Crippen MR) is 118 cm³/mol. The summed E-state index contributed by atoms with van der Waals surface area (Å²) in [5.41, 5.74) is -2.72. The summed E-state index contributed by atoms with van der Waals surface area (Å²) < 4.78 is 144. The van der Waals surface area contributed by atoms with Crippen LogP contribution in [-0.2, 0) is 0 Å². The zero-order valence-corrected chi connectivity index (χ0v) is 19.1. The minimum atomic E-state index is -3.61. The Labute approximate surface area is 205 Å². The Morgan fingerprint density at radius 2 is 0.919 bits per heavy atom. The highest BCUT2D eigenvalue weighted by Crippen LogP contribution is 2.31. The molecule has 0 bridgehead atoms. The minimum Gasteiger partial charge on any atom is -0.299 e. The van der Waals surface area contributed by atoms with E-state index in [0.29, 0.717) is 31.5 Å². The van der Waals surface area contributed by atoms with Crippen molar-refractivity contribution in [2.75, 3.05) is 13.1 Å². The summed E-state index contributed by atoms with van der Waals surface area (Å²) in [5, 5.41) is 0. The lowest BCUT2D eigenvalue weighted by molar-refractivity contribution is 0.174. The van der Waals surface area contributed by atoms with Crippen molar-refractivity contribution in [3.8, 4) is 0 Å². The number of hydrogen-bond acceptors (Lipinski definition) is 1. The van der Waals surface area contributed by atoms with Crippen LogP contribution in [0.15, 0.2) is 30.3 Å². The van der Waals surface area contributed by atoms with Crippen LogP contribution in [0.25, 0.3) is 0 Å². The Kier molecular flexibility index (Phi) is 7.87. The summed E-state index contributed by atoms with van der Waals surface area (Å²) in [4.78, 5) is 1.80. The van der Waals surface area contributed by atoms with Crippen molar-refractivity contribution in [1.82, 2.24) is 4.90 Å². The third-order valence-corrected chi connectivity index (χ3v) is 7.03. The van der Waals surface area contributed by atoms with E-state index in [1.54, 1.807) is 35.2 Å². The van der Waals surface area contributed by atoms with E-state index in [0.717, 1.165) is 6.42 Å². The number of benzene rings is 3. The van der Waals surface area contributed by atoms with Crippen LogP contribution in [-0.4, -0.2) is 24.7 Å². The zero-order valence-electron chi connectivity index (χ0n) is 19.1. The molecule has 1 fully saturated rings. The normalized spacial score (nSPS) is 15.4. The molecule has 3 aromatic carbocycles. The van der Waals surface area contributed by atoms with Crippen molar-refractivity contribution in [3.63, 3.8) is 0 Å². The van der Waals surface area contributed by atoms with Gasteiger partial charge in [0, 0.05) is 6.04 Å². The van der Waals surface area contributed by atoms with Crippen LogP contribution in [0.4, 0.5) is 43.9 Å². The lowest BCUT2D eigenvalue weighted by Crippen LogP contribution is -2.52. The van der Waals surface area contributed by atoms with Crippen molar-refractivity contribution in [3.05, 3.63) is 94.1 Å². The number of rotatable bonds is 6. The van der Waals surface area contributed by atoms with Crippen LogP contribution in [0, 0.1) is 58.2 Å². The fourth-order valence-corrected chi connectivity index (χ4v) is 5.25. The van der Waals surface area contributed by atoms with Gasteiger partial charge < -0.3 is 0 Å². The quantitative estimate of drug-likeness (QED) is 0.171. The van der Waals surface area contributed by atoms with Crippen LogP contribution >= 0.6 is 0 Å². The molecule has 0 aromatic heterocycles. The molecule has 0 unspecified atom stereocenters. The van der Waals surface area contributed by atoms with Crippen LogP contribution < -0.4 is 10.9 Å². The molecule has 0 aliphatic carbocycles. The first-order chi connectivity index (χ1) is 17.6. The molecule has 1 atom stereocenters. The highest BCUT2D eigenvalue weighted by molar-refractivity contribution is 6.85. The lowest BCUT2D eigenvalue weighted by atomic mass is 9.36. The van der Waals surface area contributed by atoms with Gasteiger partial charge in [0.05, 0.1) is 6.71 Å². The second-order valence-electron chi connectivity index (χ2n) is 9.09. The second-order valence-corrected chi connectivity index (χ2v) is 9.09. The molecule has 0 amide bonds. The molecule has 12 heteroatoms. The molecular weight excluding hydrogens is 515 g/mol. The first-order valence-corrected chi connectivity index (χ1v) is 11.6. The van der Waals surface area contributed by atoms with E-state index in [9.17, 15) is 43.9 Å². The molecule has 0 saturated carbocycles. The first kappa shape index (κ1) is 27.0. The van der Waals surface area contributed by atoms with Gasteiger partial charge in [-0.2, -0.15) is 6.32 Å². The molecule has 1 saturated heterocycles. The van der Waals surface area contributed by atoms with Crippen molar-refractivity contribution in [1.29, 1.82) is 0 Å². The molecule has 1 heterocycles. The van der Waals surface area contributed by atoms with E-state index < -0.39 is 88.2 Å². The van der Waals surface area contributed by atoms with E-state index in [2.05, 4.69) is 0 Å². The van der Waals surface area contributed by atoms with Crippen molar-refractivity contribution in [2.45, 2.75) is 31.6 Å². The summed E-state index contributed by atoms with van der Waals surface area (Å²) in [5.74, 6) is -24.1. The van der Waals surface area contributed by atoms with Gasteiger partial charge in [0.2, 0.25) is 0 Å². The molecule has 198 valence electrons. The molecule has 1 nitrogen and oxygen atoms in total. The highest BCUT2D eigenvalue weighted by atomic mass is 19.2. The largest absolute Gasteiger partial charge is 0.299 e. The Morgan fingerprint density at radius 1 is 0.541 bits per heavy atom. The number of piperidine rings is 1. The average Bonchev–Trinajstić information content (AvgIpc) is 2.92. The summed E-state index contributed by atoms with van der Waals surface area (Å²) in [6.07, 6.45) is 1.56. The van der Waals surface area contributed by atoms with Gasteiger partial charge in [-0.25, -0.2) is 43.9 Å². The maximum Gasteiger partial charge on any atom is 0.200 e. The van der Waals surface area contributed by atoms with Gasteiger partial charge in [-0.1, -0.05) is 36.8 Å². The Hall–Kier alpha value is -3.02. The third kappa shape index (κ3) is 4.83. The fourth-order valence-electron chi connectivity index (χ4n) is 5.25. The summed E-state index contributed by atoms with van der Waals surface area (Å²) in [6, 6.07) is 7.15. The van der Waals surface area contributed by atoms with Gasteiger partial charge in [-0.05, 0) is 31.5 Å². The van der Waals surface area contributed by atoms with Gasteiger partial charge in [-0.15, -0.1) is 10.9 Å². The van der Waals surface area contributed by atoms with Gasteiger partial charge in [0.25, 0.3) is 0 Å². The van der Waals surface area contributed by atoms with Crippen molar-refractivity contribution < 1.29 is 43.9 Å². The van der Waals surface area contributed by atoms with E-state index in [1.165, 1.54) is 0 Å². The van der Waals surface area contributed by atoms with E-state index >= 15 is 0 Å². The molecular formula is C25H19BF10N-. The molecule has 37 heavy (non-hydrogen) atoms. The van der Waals surface area contributed by atoms with E-state index in [-0.39, 0.29) is 0 Å². The monoisotopic (exact) mass is 534 g/mol. The second kappa shape index (κ2) is 10.8. The average molecular weight is 534 g/mol. The first-order valence-electron chi connectivity index (χ1n) is 11.6. The molecule has 3 aromatic rings. The fraction of sp³-hybridized carbons (Fsp3) is 0.280. The Balaban J connectivity index is 2.00. The smallest absolute Gasteiger partial charge is 0.200 e. The summed E-state index contributed by atoms with van der Waals surface area (Å²) >= 11 is 0. The number of nitrogens with zero attached hydrogens (tertiary/aromatic N) is 1. The van der Waals surface area contributed by atoms with E-state index in [1.807, 2.05) is 0 Å². The molecule has 4 rings (SSSR count). The van der Waals surface area contributed by atoms with Gasteiger partial charge in [0.1, 0.15) is 23.3 Å². The standard InChI is InChI=1S/C25H19BF10N/c27-16-14(17(28)21(32)24(35)20(16)31)26(15-18(29)22(33)25(36)23(34)19(15)30)11-13(12-7-3-1-4-8-12)37-9-5-2-6-10-37/h1,3-4,7-8,13,26H,2,5-6,9-11H2/q-1/t13-/m0/s1. The van der Waals surface area contributed by atoms with E-state index in [4.69, 9.17) is 0 Å². The van der Waals surface area contributed by atoms with Crippen LogP contribution in [0.5, 0.6) is 0 Å². The Morgan fingerprint density at radius 3 is 1.32 bits per heavy atom. The summed E-state index contributed by atoms with van der Waals surface area (Å²) in [7, 11) is 0. The topological polar surface area (TPSA) is 3.24 Å². The number of hydrogen-bond donors (Lipinski definition) is 0. The van der Waals surface area contributed by atoms with Crippen molar-refractivity contribution >= 4 is 17.6 Å². The molecule has 0 spiro atoms. The highest BCUT2D eigenvalue weighted by Gasteiger charge is 2.35. The predicted octanol–water partition coefficient (Wildman–Crippen LogP) is 5.65. The van der Waals surface area contributed by atoms with Crippen LogP contribution in [0.1, 0.15) is 30.9 Å². The maximum absolute atomic E-state index is 15.0. The molecule has 1 aliphatic rings. The van der Waals surface area contributed by atoms with Gasteiger partial charge in [-0.3, -0.25) is 4.90 Å². The van der Waals surface area contributed by atoms with Crippen LogP contribution in [0.3, 0.4) is 0 Å². The third-order valence-electron chi connectivity index (χ3n) is 7.03. The number of halogens is 10. The lowest BCUT2D eigenvalue weighted by Gasteiger charge is -2.40. The minimum absolute atomic E-state index is 0.430. The molecule has 0 N–H and O–H groups in total. The van der Waals surface area contributed by atoms with Crippen molar-refractivity contribution in [2.24, 2.45) is 0 Å². The Bertz CT molecular complexity index is 1180. The number of likely N-dealkylation sites (tertiary alicyclic amines) is 1. The van der Waals surface area contributed by atoms with Crippen LogP contribution in [0.2, 0.25) is 6.32 Å². The summed E-state index contributed by atoms with van der Waals surface area (Å²) in [6.45, 7) is -2.75.